The lowest BCUT2D eigenvalue weighted by Crippen LogP contribution is -2.38. The van der Waals surface area contributed by atoms with Gasteiger partial charge in [0.15, 0.2) is 0 Å². The Balaban J connectivity index is 1.79. The third-order valence-electron chi connectivity index (χ3n) is 4.16. The highest BCUT2D eigenvalue weighted by atomic mass is 35.5. The molecule has 3 heterocycles. The third kappa shape index (κ3) is 2.12. The molecule has 0 bridgehead atoms. The Kier molecular flexibility index (Phi) is 3.01. The van der Waals surface area contributed by atoms with Gasteiger partial charge in [0.05, 0.1) is 17.9 Å². The van der Waals surface area contributed by atoms with Crippen molar-refractivity contribution in [1.82, 2.24) is 9.88 Å². The summed E-state index contributed by atoms with van der Waals surface area (Å²) in [6.45, 7) is 4.24. The molecular formula is C13H16ClN3O2. The maximum atomic E-state index is 11.2. The first-order chi connectivity index (χ1) is 9.06. The topological polar surface area (TPSA) is 56.7 Å². The number of carboxylic acid groups (broad SMARTS) is 1. The molecule has 1 N–H and O–H groups in total. The van der Waals surface area contributed by atoms with Crippen molar-refractivity contribution in [3.05, 3.63) is 23.0 Å². The lowest BCUT2D eigenvalue weighted by molar-refractivity contribution is 0.140. The fourth-order valence-corrected chi connectivity index (χ4v) is 3.23. The smallest absolute Gasteiger partial charge is 0.407 e. The molecule has 0 saturated carbocycles. The highest BCUT2D eigenvalue weighted by molar-refractivity contribution is 6.30. The lowest BCUT2D eigenvalue weighted by Gasteiger charge is -2.23. The molecule has 1 aromatic rings. The van der Waals surface area contributed by atoms with Gasteiger partial charge < -0.3 is 14.9 Å². The molecule has 2 fully saturated rings. The van der Waals surface area contributed by atoms with Crippen LogP contribution in [0.3, 0.4) is 0 Å². The fourth-order valence-electron chi connectivity index (χ4n) is 3.13. The van der Waals surface area contributed by atoms with Gasteiger partial charge in [0.25, 0.3) is 0 Å². The van der Waals surface area contributed by atoms with Crippen molar-refractivity contribution in [1.29, 1.82) is 0 Å². The van der Waals surface area contributed by atoms with E-state index in [9.17, 15) is 9.90 Å². The number of likely N-dealkylation sites (tertiary alicyclic amines) is 1. The van der Waals surface area contributed by atoms with Gasteiger partial charge in [-0.1, -0.05) is 11.6 Å². The maximum Gasteiger partial charge on any atom is 0.407 e. The second-order valence-electron chi connectivity index (χ2n) is 5.30. The average molecular weight is 282 g/mol. The van der Waals surface area contributed by atoms with Crippen molar-refractivity contribution < 1.29 is 9.90 Å². The Labute approximate surface area is 116 Å². The fraction of sp³-hybridized carbons (Fsp3) is 0.538. The molecule has 1 aromatic heterocycles. The van der Waals surface area contributed by atoms with Crippen LogP contribution in [0.4, 0.5) is 10.5 Å². The number of aryl methyl sites for hydroxylation is 1. The molecule has 1 amide bonds. The number of hydrogen-bond acceptors (Lipinski definition) is 3. The van der Waals surface area contributed by atoms with Crippen LogP contribution in [0.1, 0.15) is 12.0 Å². The second-order valence-corrected chi connectivity index (χ2v) is 5.66. The summed E-state index contributed by atoms with van der Waals surface area (Å²) in [6.07, 6.45) is 1.91. The summed E-state index contributed by atoms with van der Waals surface area (Å²) >= 11 is 5.93. The summed E-state index contributed by atoms with van der Waals surface area (Å²) < 4.78 is 0. The molecule has 2 saturated heterocycles. The van der Waals surface area contributed by atoms with Gasteiger partial charge in [-0.3, -0.25) is 0 Å². The molecular weight excluding hydrogens is 266 g/mol. The van der Waals surface area contributed by atoms with Crippen molar-refractivity contribution in [2.24, 2.45) is 5.92 Å². The molecule has 0 aromatic carbocycles. The standard InChI is InChI=1S/C13H16ClN3O2/c1-8-4-10(5-15-12(8)14)16-6-9-2-3-17(13(18)19)11(9)7-16/h4-5,9,11H,2-3,6-7H2,1H3,(H,18,19)/t9-,11+/m0/s1. The van der Waals surface area contributed by atoms with Crippen LogP contribution in [0, 0.1) is 12.8 Å². The number of carbonyl (C=O) groups is 1. The largest absolute Gasteiger partial charge is 0.465 e. The first-order valence-corrected chi connectivity index (χ1v) is 6.80. The van der Waals surface area contributed by atoms with Crippen molar-refractivity contribution in [2.75, 3.05) is 24.5 Å². The number of pyridine rings is 1. The van der Waals surface area contributed by atoms with Crippen molar-refractivity contribution in [2.45, 2.75) is 19.4 Å². The highest BCUT2D eigenvalue weighted by Gasteiger charge is 2.43. The van der Waals surface area contributed by atoms with Gasteiger partial charge >= 0.3 is 6.09 Å². The molecule has 6 heteroatoms. The number of nitrogens with zero attached hydrogens (tertiary/aromatic N) is 3. The van der Waals surface area contributed by atoms with Crippen LogP contribution in [0.2, 0.25) is 5.15 Å². The molecule has 2 aliphatic heterocycles. The molecule has 0 spiro atoms. The minimum absolute atomic E-state index is 0.119. The average Bonchev–Trinajstić information content (AvgIpc) is 2.91. The van der Waals surface area contributed by atoms with E-state index in [4.69, 9.17) is 11.6 Å². The first-order valence-electron chi connectivity index (χ1n) is 6.43. The van der Waals surface area contributed by atoms with Gasteiger partial charge in [-0.25, -0.2) is 9.78 Å². The zero-order chi connectivity index (χ0) is 13.6. The van der Waals surface area contributed by atoms with E-state index >= 15 is 0 Å². The van der Waals surface area contributed by atoms with E-state index in [0.717, 1.165) is 30.8 Å². The predicted molar refractivity (Wildman–Crippen MR) is 72.8 cm³/mol. The molecule has 2 aliphatic rings. The Bertz CT molecular complexity index is 523. The number of rotatable bonds is 1. The van der Waals surface area contributed by atoms with E-state index in [1.54, 1.807) is 11.1 Å². The Morgan fingerprint density at radius 3 is 3.00 bits per heavy atom. The summed E-state index contributed by atoms with van der Waals surface area (Å²) in [4.78, 5) is 19.1. The molecule has 19 heavy (non-hydrogen) atoms. The van der Waals surface area contributed by atoms with Gasteiger partial charge in [0.2, 0.25) is 0 Å². The van der Waals surface area contributed by atoms with Crippen LogP contribution < -0.4 is 4.90 Å². The summed E-state index contributed by atoms with van der Waals surface area (Å²) in [5.41, 5.74) is 1.98. The summed E-state index contributed by atoms with van der Waals surface area (Å²) in [5, 5.41) is 9.70. The highest BCUT2D eigenvalue weighted by Crippen LogP contribution is 2.34. The summed E-state index contributed by atoms with van der Waals surface area (Å²) in [7, 11) is 0. The number of anilines is 1. The van der Waals surface area contributed by atoms with Crippen molar-refractivity contribution in [3.63, 3.8) is 0 Å². The Morgan fingerprint density at radius 1 is 1.53 bits per heavy atom. The maximum absolute atomic E-state index is 11.2. The lowest BCUT2D eigenvalue weighted by atomic mass is 10.1. The van der Waals surface area contributed by atoms with E-state index < -0.39 is 6.09 Å². The minimum Gasteiger partial charge on any atom is -0.465 e. The zero-order valence-electron chi connectivity index (χ0n) is 10.7. The van der Waals surface area contributed by atoms with Crippen LogP contribution in [0.25, 0.3) is 0 Å². The number of fused-ring (bicyclic) bond motifs is 1. The van der Waals surface area contributed by atoms with Gasteiger partial charge in [-0.05, 0) is 25.0 Å². The quantitative estimate of drug-likeness (QED) is 0.802. The van der Waals surface area contributed by atoms with Gasteiger partial charge in [0.1, 0.15) is 5.15 Å². The molecule has 5 nitrogen and oxygen atoms in total. The number of aromatic nitrogens is 1. The van der Waals surface area contributed by atoms with Crippen molar-refractivity contribution >= 4 is 23.4 Å². The minimum atomic E-state index is -0.806. The monoisotopic (exact) mass is 281 g/mol. The van der Waals surface area contributed by atoms with E-state index in [1.807, 2.05) is 13.0 Å². The third-order valence-corrected chi connectivity index (χ3v) is 4.55. The molecule has 0 aliphatic carbocycles. The zero-order valence-corrected chi connectivity index (χ0v) is 11.5. The SMILES string of the molecule is Cc1cc(N2C[C@@H]3CCN(C(=O)O)[C@@H]3C2)cnc1Cl. The normalized spacial score (nSPS) is 25.8. The predicted octanol–water partition coefficient (Wildman–Crippen LogP) is 2.23. The number of halogens is 1. The van der Waals surface area contributed by atoms with Gasteiger partial charge in [-0.15, -0.1) is 0 Å². The molecule has 102 valence electrons. The molecule has 0 unspecified atom stereocenters. The van der Waals surface area contributed by atoms with E-state index in [2.05, 4.69) is 9.88 Å². The van der Waals surface area contributed by atoms with Crippen LogP contribution in [-0.4, -0.2) is 46.8 Å². The number of amides is 1. The van der Waals surface area contributed by atoms with Crippen LogP contribution >= 0.6 is 11.6 Å². The van der Waals surface area contributed by atoms with Gasteiger partial charge in [-0.2, -0.15) is 0 Å². The van der Waals surface area contributed by atoms with Crippen LogP contribution in [0.5, 0.6) is 0 Å². The molecule has 0 radical (unpaired) electrons. The second kappa shape index (κ2) is 4.56. The van der Waals surface area contributed by atoms with Crippen LogP contribution in [-0.2, 0) is 0 Å². The van der Waals surface area contributed by atoms with E-state index in [1.165, 1.54) is 0 Å². The molecule has 3 rings (SSSR count). The van der Waals surface area contributed by atoms with Gasteiger partial charge in [0, 0.05) is 25.6 Å². The summed E-state index contributed by atoms with van der Waals surface area (Å²) in [5.74, 6) is 0.437. The Hall–Kier alpha value is -1.49. The van der Waals surface area contributed by atoms with E-state index in [0.29, 0.717) is 17.6 Å². The molecule has 2 atom stereocenters. The van der Waals surface area contributed by atoms with E-state index in [-0.39, 0.29) is 6.04 Å². The van der Waals surface area contributed by atoms with Crippen LogP contribution in [0.15, 0.2) is 12.3 Å². The first kappa shape index (κ1) is 12.5. The number of hydrogen-bond donors (Lipinski definition) is 1. The van der Waals surface area contributed by atoms with Crippen molar-refractivity contribution in [3.8, 4) is 0 Å². The summed E-state index contributed by atoms with van der Waals surface area (Å²) in [6, 6.07) is 2.13. The Morgan fingerprint density at radius 2 is 2.32 bits per heavy atom.